The number of methoxy groups -OCH3 is 1. The highest BCUT2D eigenvalue weighted by molar-refractivity contribution is 6.04. The number of anilines is 3. The van der Waals surface area contributed by atoms with E-state index in [-0.39, 0.29) is 12.5 Å². The Balaban J connectivity index is 1.54. The molecular weight excluding hydrogens is 408 g/mol. The predicted molar refractivity (Wildman–Crippen MR) is 127 cm³/mol. The molecule has 0 aliphatic carbocycles. The standard InChI is InChI=1S/C24H32N4O4/c1-18(2)27-11-13-28(14-12-27)22-9-7-19(8-10-22)23(29)25-20-5-4-6-21(17-20)26-24(30)32-16-15-31-3/h4-10,17-18H,11-16H2,1-3H3,(H,25,29)(H,26,30). The van der Waals surface area contributed by atoms with Crippen LogP contribution >= 0.6 is 0 Å². The molecule has 1 aliphatic rings. The van der Waals surface area contributed by atoms with Crippen LogP contribution in [0.5, 0.6) is 0 Å². The second-order valence-corrected chi connectivity index (χ2v) is 7.95. The summed E-state index contributed by atoms with van der Waals surface area (Å²) in [4.78, 5) is 29.3. The van der Waals surface area contributed by atoms with Gasteiger partial charge in [-0.2, -0.15) is 0 Å². The minimum atomic E-state index is -0.574. The molecule has 1 fully saturated rings. The van der Waals surface area contributed by atoms with Gasteiger partial charge in [-0.3, -0.25) is 15.0 Å². The summed E-state index contributed by atoms with van der Waals surface area (Å²) >= 11 is 0. The van der Waals surface area contributed by atoms with Gasteiger partial charge in [0.1, 0.15) is 6.61 Å². The van der Waals surface area contributed by atoms with Crippen molar-refractivity contribution >= 4 is 29.1 Å². The molecule has 3 rings (SSSR count). The number of carbonyl (C=O) groups excluding carboxylic acids is 2. The molecule has 2 N–H and O–H groups in total. The molecule has 0 saturated carbocycles. The molecule has 0 bridgehead atoms. The van der Waals surface area contributed by atoms with E-state index in [1.807, 2.05) is 24.3 Å². The van der Waals surface area contributed by atoms with E-state index >= 15 is 0 Å². The highest BCUT2D eigenvalue weighted by atomic mass is 16.6. The highest BCUT2D eigenvalue weighted by Gasteiger charge is 2.19. The third kappa shape index (κ3) is 6.70. The Hall–Kier alpha value is -3.10. The molecule has 8 nitrogen and oxygen atoms in total. The van der Waals surface area contributed by atoms with Crippen molar-refractivity contribution in [2.75, 3.05) is 62.0 Å². The van der Waals surface area contributed by atoms with Gasteiger partial charge in [-0.25, -0.2) is 4.79 Å². The number of benzene rings is 2. The number of nitrogens with zero attached hydrogens (tertiary/aromatic N) is 2. The van der Waals surface area contributed by atoms with Crippen LogP contribution in [0.15, 0.2) is 48.5 Å². The molecule has 0 spiro atoms. The number of hydrogen-bond acceptors (Lipinski definition) is 6. The van der Waals surface area contributed by atoms with Gasteiger partial charge < -0.3 is 19.7 Å². The van der Waals surface area contributed by atoms with Gasteiger partial charge in [-0.05, 0) is 56.3 Å². The van der Waals surface area contributed by atoms with Crippen molar-refractivity contribution in [2.45, 2.75) is 19.9 Å². The van der Waals surface area contributed by atoms with Crippen LogP contribution in [-0.4, -0.2) is 69.4 Å². The monoisotopic (exact) mass is 440 g/mol. The lowest BCUT2D eigenvalue weighted by Crippen LogP contribution is -2.48. The van der Waals surface area contributed by atoms with Crippen molar-refractivity contribution < 1.29 is 19.1 Å². The number of nitrogens with one attached hydrogen (secondary N) is 2. The molecule has 172 valence electrons. The third-order valence-electron chi connectivity index (χ3n) is 5.43. The predicted octanol–water partition coefficient (Wildman–Crippen LogP) is 3.66. The van der Waals surface area contributed by atoms with Crippen LogP contribution in [0.2, 0.25) is 0 Å². The van der Waals surface area contributed by atoms with Crippen LogP contribution in [0.1, 0.15) is 24.2 Å². The van der Waals surface area contributed by atoms with E-state index in [1.165, 1.54) is 7.11 Å². The number of amides is 2. The summed E-state index contributed by atoms with van der Waals surface area (Å²) in [6.07, 6.45) is -0.574. The molecule has 0 unspecified atom stereocenters. The van der Waals surface area contributed by atoms with Gasteiger partial charge >= 0.3 is 6.09 Å². The molecule has 0 atom stereocenters. The van der Waals surface area contributed by atoms with E-state index in [0.717, 1.165) is 31.9 Å². The molecule has 2 amide bonds. The Labute approximate surface area is 189 Å². The maximum Gasteiger partial charge on any atom is 0.411 e. The van der Waals surface area contributed by atoms with Gasteiger partial charge in [0, 0.05) is 62.0 Å². The lowest BCUT2D eigenvalue weighted by molar-refractivity contribution is 0.102. The maximum atomic E-state index is 12.7. The zero-order chi connectivity index (χ0) is 22.9. The number of carbonyl (C=O) groups is 2. The Morgan fingerprint density at radius 1 is 0.938 bits per heavy atom. The zero-order valence-electron chi connectivity index (χ0n) is 19.0. The van der Waals surface area contributed by atoms with Gasteiger partial charge in [0.15, 0.2) is 0 Å². The van der Waals surface area contributed by atoms with Crippen molar-refractivity contribution in [1.29, 1.82) is 0 Å². The fourth-order valence-electron chi connectivity index (χ4n) is 3.57. The number of ether oxygens (including phenoxy) is 2. The van der Waals surface area contributed by atoms with E-state index in [2.05, 4.69) is 34.3 Å². The van der Waals surface area contributed by atoms with E-state index in [4.69, 9.17) is 9.47 Å². The van der Waals surface area contributed by atoms with Crippen LogP contribution in [0.4, 0.5) is 21.9 Å². The lowest BCUT2D eigenvalue weighted by Gasteiger charge is -2.38. The topological polar surface area (TPSA) is 83.1 Å². The van der Waals surface area contributed by atoms with Crippen LogP contribution in [-0.2, 0) is 9.47 Å². The average molecular weight is 441 g/mol. The molecule has 1 heterocycles. The summed E-state index contributed by atoms with van der Waals surface area (Å²) in [5.41, 5.74) is 2.81. The molecular formula is C24H32N4O4. The second-order valence-electron chi connectivity index (χ2n) is 7.95. The van der Waals surface area contributed by atoms with E-state index in [0.29, 0.717) is 29.6 Å². The molecule has 8 heteroatoms. The van der Waals surface area contributed by atoms with Crippen molar-refractivity contribution in [3.8, 4) is 0 Å². The Morgan fingerprint density at radius 3 is 2.22 bits per heavy atom. The third-order valence-corrected chi connectivity index (χ3v) is 5.43. The van der Waals surface area contributed by atoms with Gasteiger partial charge in [-0.15, -0.1) is 0 Å². The van der Waals surface area contributed by atoms with E-state index in [9.17, 15) is 9.59 Å². The Bertz CT molecular complexity index is 893. The van der Waals surface area contributed by atoms with Crippen LogP contribution < -0.4 is 15.5 Å². The highest BCUT2D eigenvalue weighted by Crippen LogP contribution is 2.20. The van der Waals surface area contributed by atoms with Gasteiger partial charge in [-0.1, -0.05) is 6.07 Å². The molecule has 1 saturated heterocycles. The first-order valence-electron chi connectivity index (χ1n) is 10.9. The summed E-state index contributed by atoms with van der Waals surface area (Å²) < 4.78 is 9.83. The first-order chi connectivity index (χ1) is 15.5. The fraction of sp³-hybridized carbons (Fsp3) is 0.417. The Morgan fingerprint density at radius 2 is 1.59 bits per heavy atom. The van der Waals surface area contributed by atoms with Crippen molar-refractivity contribution in [2.24, 2.45) is 0 Å². The van der Waals surface area contributed by atoms with Crippen LogP contribution in [0, 0.1) is 0 Å². The molecule has 1 aliphatic heterocycles. The lowest BCUT2D eigenvalue weighted by atomic mass is 10.1. The maximum absolute atomic E-state index is 12.7. The largest absolute Gasteiger partial charge is 0.447 e. The van der Waals surface area contributed by atoms with Gasteiger partial charge in [0.05, 0.1) is 6.61 Å². The van der Waals surface area contributed by atoms with Gasteiger partial charge in [0.2, 0.25) is 0 Å². The number of rotatable bonds is 8. The second kappa shape index (κ2) is 11.5. The zero-order valence-corrected chi connectivity index (χ0v) is 19.0. The van der Waals surface area contributed by atoms with Crippen LogP contribution in [0.25, 0.3) is 0 Å². The molecule has 0 aromatic heterocycles. The normalized spacial score (nSPS) is 14.3. The van der Waals surface area contributed by atoms with E-state index in [1.54, 1.807) is 24.3 Å². The molecule has 32 heavy (non-hydrogen) atoms. The number of piperazine rings is 1. The van der Waals surface area contributed by atoms with Gasteiger partial charge in [0.25, 0.3) is 5.91 Å². The first-order valence-corrected chi connectivity index (χ1v) is 10.9. The smallest absolute Gasteiger partial charge is 0.411 e. The van der Waals surface area contributed by atoms with E-state index < -0.39 is 6.09 Å². The summed E-state index contributed by atoms with van der Waals surface area (Å²) in [6, 6.07) is 15.2. The fourth-order valence-corrected chi connectivity index (χ4v) is 3.57. The minimum Gasteiger partial charge on any atom is -0.447 e. The SMILES string of the molecule is COCCOC(=O)Nc1cccc(NC(=O)c2ccc(N3CCN(C(C)C)CC3)cc2)c1. The number of hydrogen-bond donors (Lipinski definition) is 2. The van der Waals surface area contributed by atoms with Crippen molar-refractivity contribution in [1.82, 2.24) is 4.90 Å². The summed E-state index contributed by atoms with van der Waals surface area (Å²) in [6.45, 7) is 9.01. The van der Waals surface area contributed by atoms with Crippen LogP contribution in [0.3, 0.4) is 0 Å². The summed E-state index contributed by atoms with van der Waals surface area (Å²) in [7, 11) is 1.54. The quantitative estimate of drug-likeness (QED) is 0.610. The van der Waals surface area contributed by atoms with Crippen molar-refractivity contribution in [3.05, 3.63) is 54.1 Å². The molecule has 0 radical (unpaired) electrons. The Kier molecular flexibility index (Phi) is 8.47. The average Bonchev–Trinajstić information content (AvgIpc) is 2.79. The molecule has 2 aromatic carbocycles. The first kappa shape index (κ1) is 23.6. The summed E-state index contributed by atoms with van der Waals surface area (Å²) in [5.74, 6) is -0.207. The van der Waals surface area contributed by atoms with Crippen molar-refractivity contribution in [3.63, 3.8) is 0 Å². The molecule has 2 aromatic rings. The summed E-state index contributed by atoms with van der Waals surface area (Å²) in [5, 5.41) is 5.50. The minimum absolute atomic E-state index is 0.169.